The molecule has 0 unspecified atom stereocenters. The highest BCUT2D eigenvalue weighted by Crippen LogP contribution is 2.10. The molecule has 0 spiro atoms. The van der Waals surface area contributed by atoms with Crippen molar-refractivity contribution in [2.24, 2.45) is 0 Å². The second-order valence-corrected chi connectivity index (χ2v) is 7.50. The summed E-state index contributed by atoms with van der Waals surface area (Å²) in [6.07, 6.45) is 2.24. The third-order valence-electron chi connectivity index (χ3n) is 4.53. The van der Waals surface area contributed by atoms with E-state index in [0.29, 0.717) is 71.6 Å². The Kier molecular flexibility index (Phi) is 20.4. The highest BCUT2D eigenvalue weighted by atomic mass is 16.6. The van der Waals surface area contributed by atoms with E-state index in [2.05, 4.69) is 12.2 Å². The minimum absolute atomic E-state index is 0.183. The van der Waals surface area contributed by atoms with Crippen LogP contribution in [0, 0.1) is 0 Å². The van der Waals surface area contributed by atoms with Gasteiger partial charge in [-0.05, 0) is 30.7 Å². The van der Waals surface area contributed by atoms with Gasteiger partial charge in [0, 0.05) is 12.2 Å². The molecule has 0 heterocycles. The lowest BCUT2D eigenvalue weighted by atomic mass is 10.2. The Bertz CT molecular complexity index is 671. The van der Waals surface area contributed by atoms with Gasteiger partial charge < -0.3 is 43.6 Å². The number of hydrogen-bond acceptors (Lipinski definition) is 10. The normalized spacial score (nSPS) is 10.9. The van der Waals surface area contributed by atoms with Crippen LogP contribution in [0.15, 0.2) is 24.3 Å². The quantitative estimate of drug-likeness (QED) is 0.147. The molecule has 1 aromatic carbocycles. The number of ether oxygens (including phenoxy) is 7. The van der Waals surface area contributed by atoms with Gasteiger partial charge in [-0.3, -0.25) is 0 Å². The summed E-state index contributed by atoms with van der Waals surface area (Å²) in [5.41, 5.74) is 1.50. The van der Waals surface area contributed by atoms with Gasteiger partial charge in [0.25, 0.3) is 0 Å². The van der Waals surface area contributed by atoms with Gasteiger partial charge in [0.05, 0.1) is 78.2 Å². The van der Waals surface area contributed by atoms with Crippen LogP contribution in [-0.4, -0.2) is 109 Å². The number of rotatable bonds is 25. The van der Waals surface area contributed by atoms with Crippen molar-refractivity contribution in [3.63, 3.8) is 0 Å². The molecule has 0 aliphatic carbocycles. The number of aliphatic carboxylic acids is 1. The second-order valence-electron chi connectivity index (χ2n) is 7.50. The van der Waals surface area contributed by atoms with E-state index < -0.39 is 5.97 Å². The molecule has 0 aliphatic heterocycles. The lowest BCUT2D eigenvalue weighted by molar-refractivity contribution is -0.142. The van der Waals surface area contributed by atoms with E-state index in [0.717, 1.165) is 25.1 Å². The molecule has 0 atom stereocenters. The van der Waals surface area contributed by atoms with Gasteiger partial charge in [0.15, 0.2) is 0 Å². The van der Waals surface area contributed by atoms with E-state index in [9.17, 15) is 9.59 Å². The molecule has 36 heavy (non-hydrogen) atoms. The third-order valence-corrected chi connectivity index (χ3v) is 4.53. The summed E-state index contributed by atoms with van der Waals surface area (Å²) >= 11 is 0. The van der Waals surface area contributed by atoms with Crippen molar-refractivity contribution in [3.8, 4) is 0 Å². The first-order valence-electron chi connectivity index (χ1n) is 12.3. The maximum Gasteiger partial charge on any atom is 0.338 e. The number of unbranched alkanes of at least 4 members (excludes halogenated alkanes) is 1. The van der Waals surface area contributed by atoms with Crippen molar-refractivity contribution in [3.05, 3.63) is 29.8 Å². The van der Waals surface area contributed by atoms with Crippen LogP contribution in [0.4, 0.5) is 5.69 Å². The van der Waals surface area contributed by atoms with E-state index in [4.69, 9.17) is 38.3 Å². The fourth-order valence-electron chi connectivity index (χ4n) is 2.67. The van der Waals surface area contributed by atoms with Crippen LogP contribution < -0.4 is 5.32 Å². The highest BCUT2D eigenvalue weighted by Gasteiger charge is 2.06. The molecule has 0 radical (unpaired) electrons. The maximum absolute atomic E-state index is 12.0. The molecule has 0 aromatic heterocycles. The Labute approximate surface area is 213 Å². The first-order valence-corrected chi connectivity index (χ1v) is 12.3. The van der Waals surface area contributed by atoms with E-state index in [1.165, 1.54) is 0 Å². The number of benzene rings is 1. The van der Waals surface area contributed by atoms with Crippen LogP contribution in [0.3, 0.4) is 0 Å². The summed E-state index contributed by atoms with van der Waals surface area (Å²) in [6, 6.07) is 7.25. The number of hydrogen-bond donors (Lipinski definition) is 2. The Hall–Kier alpha value is -2.28. The van der Waals surface area contributed by atoms with Crippen LogP contribution >= 0.6 is 0 Å². The molecule has 0 fully saturated rings. The number of anilines is 1. The van der Waals surface area contributed by atoms with Crippen molar-refractivity contribution in [1.82, 2.24) is 0 Å². The summed E-state index contributed by atoms with van der Waals surface area (Å²) in [6.45, 7) is 7.23. The van der Waals surface area contributed by atoms with Crippen LogP contribution in [0.5, 0.6) is 0 Å². The molecule has 206 valence electrons. The predicted molar refractivity (Wildman–Crippen MR) is 133 cm³/mol. The van der Waals surface area contributed by atoms with Gasteiger partial charge in [-0.25, -0.2) is 9.59 Å². The molecular formula is C25H41NO10. The van der Waals surface area contributed by atoms with Gasteiger partial charge >= 0.3 is 11.9 Å². The van der Waals surface area contributed by atoms with E-state index in [1.807, 2.05) is 12.1 Å². The summed E-state index contributed by atoms with van der Waals surface area (Å²) in [7, 11) is 0. The van der Waals surface area contributed by atoms with Gasteiger partial charge in [-0.15, -0.1) is 0 Å². The molecule has 0 amide bonds. The van der Waals surface area contributed by atoms with Crippen molar-refractivity contribution < 1.29 is 47.9 Å². The lowest BCUT2D eigenvalue weighted by Crippen LogP contribution is -2.15. The SMILES string of the molecule is CCCCNc1ccc(C(=O)OCCOCCOCCOCCOCCOCCOCC(=O)O)cc1. The summed E-state index contributed by atoms with van der Waals surface area (Å²) < 4.78 is 36.8. The minimum Gasteiger partial charge on any atom is -0.480 e. The van der Waals surface area contributed by atoms with Crippen LogP contribution in [0.25, 0.3) is 0 Å². The topological polar surface area (TPSA) is 131 Å². The zero-order valence-corrected chi connectivity index (χ0v) is 21.2. The highest BCUT2D eigenvalue weighted by molar-refractivity contribution is 5.89. The average Bonchev–Trinajstić information content (AvgIpc) is 2.87. The minimum atomic E-state index is -0.999. The van der Waals surface area contributed by atoms with Crippen molar-refractivity contribution in [1.29, 1.82) is 0 Å². The second kappa shape index (κ2) is 23.1. The fourth-order valence-corrected chi connectivity index (χ4v) is 2.67. The Morgan fingerprint density at radius 3 is 1.58 bits per heavy atom. The molecule has 11 heteroatoms. The molecule has 0 aliphatic rings. The van der Waals surface area contributed by atoms with E-state index in [-0.39, 0.29) is 25.8 Å². The Balaban J connectivity index is 1.81. The third kappa shape index (κ3) is 19.0. The fraction of sp³-hybridized carbons (Fsp3) is 0.680. The summed E-state index contributed by atoms with van der Waals surface area (Å²) in [4.78, 5) is 22.3. The Morgan fingerprint density at radius 2 is 1.14 bits per heavy atom. The molecular weight excluding hydrogens is 474 g/mol. The molecule has 0 saturated carbocycles. The molecule has 0 bridgehead atoms. The Morgan fingerprint density at radius 1 is 0.694 bits per heavy atom. The number of carbonyl (C=O) groups is 2. The monoisotopic (exact) mass is 515 g/mol. The zero-order valence-electron chi connectivity index (χ0n) is 21.2. The molecule has 11 nitrogen and oxygen atoms in total. The number of esters is 1. The number of nitrogens with one attached hydrogen (secondary N) is 1. The van der Waals surface area contributed by atoms with Crippen molar-refractivity contribution in [2.45, 2.75) is 19.8 Å². The maximum atomic E-state index is 12.0. The molecule has 1 rings (SSSR count). The van der Waals surface area contributed by atoms with Crippen molar-refractivity contribution >= 4 is 17.6 Å². The molecule has 0 saturated heterocycles. The summed E-state index contributed by atoms with van der Waals surface area (Å²) in [5.74, 6) is -1.37. The number of carbonyl (C=O) groups excluding carboxylic acids is 1. The van der Waals surface area contributed by atoms with E-state index >= 15 is 0 Å². The number of carboxylic acid groups (broad SMARTS) is 1. The van der Waals surface area contributed by atoms with Gasteiger partial charge in [0.1, 0.15) is 13.2 Å². The van der Waals surface area contributed by atoms with Crippen molar-refractivity contribution in [2.75, 3.05) is 97.8 Å². The van der Waals surface area contributed by atoms with Gasteiger partial charge in [-0.2, -0.15) is 0 Å². The largest absolute Gasteiger partial charge is 0.480 e. The van der Waals surface area contributed by atoms with Gasteiger partial charge in [-0.1, -0.05) is 13.3 Å². The predicted octanol–water partition coefficient (Wildman–Crippen LogP) is 2.24. The standard InChI is InChI=1S/C25H41NO10/c1-2-3-8-26-23-6-4-22(5-7-23)25(29)36-20-19-34-16-15-32-12-11-30-9-10-31-13-14-33-17-18-35-21-24(27)28/h4-7,26H,2-3,8-21H2,1H3,(H,27,28). The summed E-state index contributed by atoms with van der Waals surface area (Å²) in [5, 5.41) is 11.7. The average molecular weight is 516 g/mol. The van der Waals surface area contributed by atoms with Gasteiger partial charge in [0.2, 0.25) is 0 Å². The van der Waals surface area contributed by atoms with E-state index in [1.54, 1.807) is 12.1 Å². The van der Waals surface area contributed by atoms with Crippen LogP contribution in [-0.2, 0) is 38.0 Å². The smallest absolute Gasteiger partial charge is 0.338 e. The number of carboxylic acids is 1. The zero-order chi connectivity index (χ0) is 26.1. The van der Waals surface area contributed by atoms with Crippen LogP contribution in [0.2, 0.25) is 0 Å². The first-order chi connectivity index (χ1) is 17.6. The first kappa shape index (κ1) is 31.7. The lowest BCUT2D eigenvalue weighted by Gasteiger charge is -2.09. The molecule has 2 N–H and O–H groups in total. The van der Waals surface area contributed by atoms with Crippen LogP contribution in [0.1, 0.15) is 30.1 Å². The molecule has 1 aromatic rings.